The van der Waals surface area contributed by atoms with E-state index < -0.39 is 0 Å². The molecule has 1 saturated heterocycles. The molecule has 1 aromatic rings. The van der Waals surface area contributed by atoms with Crippen molar-refractivity contribution >= 4 is 0 Å². The van der Waals surface area contributed by atoms with Gasteiger partial charge in [-0.1, -0.05) is 19.1 Å². The number of methoxy groups -OCH3 is 1. The molecule has 0 radical (unpaired) electrons. The highest BCUT2D eigenvalue weighted by atomic mass is 16.5. The van der Waals surface area contributed by atoms with E-state index in [1.165, 1.54) is 37.2 Å². The molecule has 21 heavy (non-hydrogen) atoms. The van der Waals surface area contributed by atoms with Gasteiger partial charge in [0.15, 0.2) is 0 Å². The molecular formula is C17H27N3O. The lowest BCUT2D eigenvalue weighted by Crippen LogP contribution is -2.50. The molecule has 1 atom stereocenters. The van der Waals surface area contributed by atoms with Crippen molar-refractivity contribution in [2.24, 2.45) is 0 Å². The topological polar surface area (TPSA) is 27.7 Å². The van der Waals surface area contributed by atoms with Gasteiger partial charge in [0.2, 0.25) is 0 Å². The SMILES string of the molecule is CCCN1CCN([C@@H]2CNCc3cccc(OC)c32)CC1. The Hall–Kier alpha value is -1.10. The first kappa shape index (κ1) is 14.8. The van der Waals surface area contributed by atoms with Crippen LogP contribution in [0.25, 0.3) is 0 Å². The van der Waals surface area contributed by atoms with E-state index in [4.69, 9.17) is 4.74 Å². The second kappa shape index (κ2) is 6.77. The molecule has 3 rings (SSSR count). The Balaban J connectivity index is 1.76. The fourth-order valence-electron chi connectivity index (χ4n) is 3.67. The highest BCUT2D eigenvalue weighted by molar-refractivity contribution is 5.44. The minimum Gasteiger partial charge on any atom is -0.496 e. The second-order valence-electron chi connectivity index (χ2n) is 6.06. The van der Waals surface area contributed by atoms with E-state index in [-0.39, 0.29) is 0 Å². The maximum Gasteiger partial charge on any atom is 0.124 e. The molecule has 4 heteroatoms. The predicted molar refractivity (Wildman–Crippen MR) is 85.7 cm³/mol. The van der Waals surface area contributed by atoms with Crippen LogP contribution in [-0.4, -0.2) is 56.2 Å². The zero-order valence-electron chi connectivity index (χ0n) is 13.3. The summed E-state index contributed by atoms with van der Waals surface area (Å²) in [7, 11) is 1.79. The molecule has 1 aromatic carbocycles. The molecule has 0 aromatic heterocycles. The van der Waals surface area contributed by atoms with E-state index in [9.17, 15) is 0 Å². The summed E-state index contributed by atoms with van der Waals surface area (Å²) in [6.45, 7) is 10.2. The summed E-state index contributed by atoms with van der Waals surface area (Å²) >= 11 is 0. The second-order valence-corrected chi connectivity index (χ2v) is 6.06. The van der Waals surface area contributed by atoms with Gasteiger partial charge in [0.25, 0.3) is 0 Å². The lowest BCUT2D eigenvalue weighted by molar-refractivity contribution is 0.0906. The van der Waals surface area contributed by atoms with Gasteiger partial charge in [0.05, 0.1) is 13.2 Å². The van der Waals surface area contributed by atoms with Crippen LogP contribution in [-0.2, 0) is 6.54 Å². The molecular weight excluding hydrogens is 262 g/mol. The Bertz CT molecular complexity index is 455. The van der Waals surface area contributed by atoms with Crippen LogP contribution in [0.5, 0.6) is 5.75 Å². The molecule has 2 aliphatic heterocycles. The monoisotopic (exact) mass is 289 g/mol. The number of ether oxygens (including phenoxy) is 1. The summed E-state index contributed by atoms with van der Waals surface area (Å²) in [5.74, 6) is 1.05. The Morgan fingerprint density at radius 2 is 2.05 bits per heavy atom. The van der Waals surface area contributed by atoms with Crippen LogP contribution in [0.3, 0.4) is 0 Å². The molecule has 1 N–H and O–H groups in total. The third-order valence-corrected chi connectivity index (χ3v) is 4.75. The maximum atomic E-state index is 5.63. The average Bonchev–Trinajstić information content (AvgIpc) is 2.55. The van der Waals surface area contributed by atoms with Crippen molar-refractivity contribution in [3.63, 3.8) is 0 Å². The van der Waals surface area contributed by atoms with Crippen molar-refractivity contribution in [3.8, 4) is 5.75 Å². The van der Waals surface area contributed by atoms with Gasteiger partial charge in [0.1, 0.15) is 5.75 Å². The predicted octanol–water partition coefficient (Wildman–Crippen LogP) is 1.87. The van der Waals surface area contributed by atoms with E-state index >= 15 is 0 Å². The normalized spacial score (nSPS) is 23.8. The van der Waals surface area contributed by atoms with Gasteiger partial charge < -0.3 is 15.0 Å². The number of hydrogen-bond acceptors (Lipinski definition) is 4. The van der Waals surface area contributed by atoms with E-state index in [1.54, 1.807) is 7.11 Å². The van der Waals surface area contributed by atoms with Crippen LogP contribution in [0.2, 0.25) is 0 Å². The quantitative estimate of drug-likeness (QED) is 0.916. The van der Waals surface area contributed by atoms with Gasteiger partial charge in [-0.15, -0.1) is 0 Å². The molecule has 0 aliphatic carbocycles. The highest BCUT2D eigenvalue weighted by Gasteiger charge is 2.30. The van der Waals surface area contributed by atoms with E-state index in [0.29, 0.717) is 6.04 Å². The smallest absolute Gasteiger partial charge is 0.124 e. The summed E-state index contributed by atoms with van der Waals surface area (Å²) in [4.78, 5) is 5.20. The Morgan fingerprint density at radius 1 is 1.24 bits per heavy atom. The number of hydrogen-bond donors (Lipinski definition) is 1. The van der Waals surface area contributed by atoms with Gasteiger partial charge in [-0.25, -0.2) is 0 Å². The number of nitrogens with zero attached hydrogens (tertiary/aromatic N) is 2. The summed E-state index contributed by atoms with van der Waals surface area (Å²) < 4.78 is 5.63. The molecule has 0 amide bonds. The lowest BCUT2D eigenvalue weighted by atomic mass is 9.94. The summed E-state index contributed by atoms with van der Waals surface area (Å²) in [6, 6.07) is 6.88. The van der Waals surface area contributed by atoms with Gasteiger partial charge >= 0.3 is 0 Å². The van der Waals surface area contributed by atoms with Crippen molar-refractivity contribution in [3.05, 3.63) is 29.3 Å². The molecule has 0 unspecified atom stereocenters. The number of nitrogens with one attached hydrogen (secondary N) is 1. The number of rotatable bonds is 4. The molecule has 2 heterocycles. The fourth-order valence-corrected chi connectivity index (χ4v) is 3.67. The van der Waals surface area contributed by atoms with Crippen LogP contribution in [0.1, 0.15) is 30.5 Å². The van der Waals surface area contributed by atoms with Crippen LogP contribution in [0, 0.1) is 0 Å². The largest absolute Gasteiger partial charge is 0.496 e. The van der Waals surface area contributed by atoms with Crippen molar-refractivity contribution in [2.45, 2.75) is 25.9 Å². The molecule has 0 spiro atoms. The Morgan fingerprint density at radius 3 is 2.76 bits per heavy atom. The van der Waals surface area contributed by atoms with Gasteiger partial charge in [0, 0.05) is 44.8 Å². The summed E-state index contributed by atoms with van der Waals surface area (Å²) in [5.41, 5.74) is 2.80. The maximum absolute atomic E-state index is 5.63. The van der Waals surface area contributed by atoms with Crippen molar-refractivity contribution in [1.82, 2.24) is 15.1 Å². The highest BCUT2D eigenvalue weighted by Crippen LogP contribution is 2.35. The van der Waals surface area contributed by atoms with Crippen LogP contribution < -0.4 is 10.1 Å². The first-order valence-electron chi connectivity index (χ1n) is 8.16. The number of benzene rings is 1. The van der Waals surface area contributed by atoms with Crippen LogP contribution in [0.15, 0.2) is 18.2 Å². The molecule has 116 valence electrons. The zero-order chi connectivity index (χ0) is 14.7. The Labute approximate surface area is 128 Å². The molecule has 0 saturated carbocycles. The summed E-state index contributed by atoms with van der Waals surface area (Å²) in [5, 5.41) is 3.57. The summed E-state index contributed by atoms with van der Waals surface area (Å²) in [6.07, 6.45) is 1.25. The number of piperazine rings is 1. The van der Waals surface area contributed by atoms with Gasteiger partial charge in [-0.2, -0.15) is 0 Å². The lowest BCUT2D eigenvalue weighted by Gasteiger charge is -2.42. The molecule has 1 fully saturated rings. The standard InChI is InChI=1S/C17H27N3O/c1-3-7-19-8-10-20(11-9-19)15-13-18-12-14-5-4-6-16(21-2)17(14)15/h4-6,15,18H,3,7-13H2,1-2H3/t15-/m1/s1. The van der Waals surface area contributed by atoms with Crippen molar-refractivity contribution in [1.29, 1.82) is 0 Å². The van der Waals surface area contributed by atoms with Crippen molar-refractivity contribution in [2.75, 3.05) is 46.4 Å². The van der Waals surface area contributed by atoms with E-state index in [0.717, 1.165) is 31.9 Å². The zero-order valence-corrected chi connectivity index (χ0v) is 13.3. The molecule has 4 nitrogen and oxygen atoms in total. The molecule has 2 aliphatic rings. The minimum absolute atomic E-state index is 0.452. The fraction of sp³-hybridized carbons (Fsp3) is 0.647. The van der Waals surface area contributed by atoms with E-state index in [1.807, 2.05) is 0 Å². The number of fused-ring (bicyclic) bond motifs is 1. The first-order chi connectivity index (χ1) is 10.3. The van der Waals surface area contributed by atoms with Crippen molar-refractivity contribution < 1.29 is 4.74 Å². The van der Waals surface area contributed by atoms with Crippen LogP contribution >= 0.6 is 0 Å². The van der Waals surface area contributed by atoms with E-state index in [2.05, 4.69) is 40.2 Å². The average molecular weight is 289 g/mol. The van der Waals surface area contributed by atoms with Crippen LogP contribution in [0.4, 0.5) is 0 Å². The Kier molecular flexibility index (Phi) is 4.78. The third-order valence-electron chi connectivity index (χ3n) is 4.75. The van der Waals surface area contributed by atoms with Gasteiger partial charge in [-0.3, -0.25) is 4.90 Å². The minimum atomic E-state index is 0.452. The van der Waals surface area contributed by atoms with Gasteiger partial charge in [-0.05, 0) is 24.6 Å². The molecule has 0 bridgehead atoms. The third kappa shape index (κ3) is 3.07. The first-order valence-corrected chi connectivity index (χ1v) is 8.16.